The molecule has 0 unspecified atom stereocenters. The average molecular weight is 355 g/mol. The second-order valence-electron chi connectivity index (χ2n) is 0.759. The van der Waals surface area contributed by atoms with Crippen molar-refractivity contribution in [3.63, 3.8) is 0 Å². The molecule has 8 N–H and O–H groups in total. The van der Waals surface area contributed by atoms with Gasteiger partial charge in [0.1, 0.15) is 0 Å². The van der Waals surface area contributed by atoms with Crippen LogP contribution in [0.4, 0.5) is 0 Å². The van der Waals surface area contributed by atoms with Crippen LogP contribution < -0.4 is 12.3 Å². The molecule has 0 aromatic rings. The summed E-state index contributed by atoms with van der Waals surface area (Å²) < 4.78 is 12.7. The fourth-order valence-electron chi connectivity index (χ4n) is 0.0422. The SMILES string of the molecule is N.N.O=[N+]([O-])[Pt]([OH])([OH])[N+](=O)[O-]. The summed E-state index contributed by atoms with van der Waals surface area (Å²) in [6.45, 7) is 0. The molecule has 0 rings (SSSR count). The molecular formula is H8N4O6Pt. The van der Waals surface area contributed by atoms with Gasteiger partial charge in [-0.05, 0) is 0 Å². The predicted octanol–water partition coefficient (Wildman–Crippen LogP) is -1.34. The number of nitro groups is 2. The summed E-state index contributed by atoms with van der Waals surface area (Å²) in [7, 11) is 0. The first-order valence-corrected chi connectivity index (χ1v) is 5.36. The third-order valence-corrected chi connectivity index (χ3v) is 2.54. The van der Waals surface area contributed by atoms with E-state index in [0.29, 0.717) is 0 Å². The van der Waals surface area contributed by atoms with Crippen LogP contribution in [0.5, 0.6) is 0 Å². The van der Waals surface area contributed by atoms with Gasteiger partial charge in [0, 0.05) is 0 Å². The predicted molar refractivity (Wildman–Crippen MR) is 28.5 cm³/mol. The van der Waals surface area contributed by atoms with Crippen molar-refractivity contribution in [1.82, 2.24) is 12.3 Å². The van der Waals surface area contributed by atoms with Gasteiger partial charge >= 0.3 is 52.0 Å². The molecule has 74 valence electrons. The molecule has 0 saturated heterocycles. The first-order valence-electron chi connectivity index (χ1n) is 1.30. The molecule has 11 heavy (non-hydrogen) atoms. The third-order valence-electron chi connectivity index (χ3n) is 0.310. The second kappa shape index (κ2) is 5.04. The molecule has 0 aromatic heterocycles. The molecule has 0 aliphatic carbocycles. The molecule has 10 nitrogen and oxygen atoms in total. The first kappa shape index (κ1) is 16.7. The Hall–Kier alpha value is -0.672. The molecule has 0 aliphatic rings. The molecule has 0 fully saturated rings. The third kappa shape index (κ3) is 3.90. The Morgan fingerprint density at radius 1 is 1.00 bits per heavy atom. The monoisotopic (exact) mass is 355 g/mol. The van der Waals surface area contributed by atoms with Crippen LogP contribution in [-0.2, 0) is 17.3 Å². The summed E-state index contributed by atoms with van der Waals surface area (Å²) in [6.07, 6.45) is 0. The minimum atomic E-state index is -5.82. The first-order chi connectivity index (χ1) is 3.89. The van der Waals surface area contributed by atoms with Gasteiger partial charge in [0.15, 0.2) is 0 Å². The van der Waals surface area contributed by atoms with E-state index < -0.39 is 24.3 Å². The summed E-state index contributed by atoms with van der Waals surface area (Å²) in [5, 5.41) is 18.8. The quantitative estimate of drug-likeness (QED) is 0.345. The van der Waals surface area contributed by atoms with Crippen molar-refractivity contribution in [2.75, 3.05) is 0 Å². The Kier molecular flexibility index (Phi) is 7.67. The van der Waals surface area contributed by atoms with Crippen LogP contribution in [0.2, 0.25) is 0 Å². The van der Waals surface area contributed by atoms with Gasteiger partial charge in [-0.3, -0.25) is 0 Å². The maximum absolute atomic E-state index is 9.41. The van der Waals surface area contributed by atoms with E-state index in [0.717, 1.165) is 0 Å². The van der Waals surface area contributed by atoms with Gasteiger partial charge in [-0.15, -0.1) is 0 Å². The molecule has 0 amide bonds. The van der Waals surface area contributed by atoms with Crippen LogP contribution in [0.15, 0.2) is 0 Å². The Bertz CT molecular complexity index is 137. The van der Waals surface area contributed by atoms with E-state index in [9.17, 15) is 20.2 Å². The zero-order valence-electron chi connectivity index (χ0n) is 5.15. The molecule has 0 heterocycles. The zero-order chi connectivity index (χ0) is 7.65. The summed E-state index contributed by atoms with van der Waals surface area (Å²) in [6, 6.07) is 0. The van der Waals surface area contributed by atoms with Crippen molar-refractivity contribution >= 4 is 0 Å². The van der Waals surface area contributed by atoms with Crippen molar-refractivity contribution in [3.05, 3.63) is 20.2 Å². The van der Waals surface area contributed by atoms with Crippen LogP contribution in [-0.4, -0.2) is 14.5 Å². The van der Waals surface area contributed by atoms with Crippen LogP contribution >= 0.6 is 0 Å². The number of hydrogen-bond donors (Lipinski definition) is 4. The normalized spacial score (nSPS) is 10.4. The standard InChI is InChI=1S/2NO2.2H3N.2H2O.Pt/c2*2-1-3;;;;;/h;;2*1H3;2*1H2;/q;;;;;;+2/p-2. The number of rotatable bonds is 2. The molecule has 0 saturated carbocycles. The summed E-state index contributed by atoms with van der Waals surface area (Å²) in [4.78, 5) is 18.8. The van der Waals surface area contributed by atoms with Gasteiger partial charge in [-0.25, -0.2) is 0 Å². The van der Waals surface area contributed by atoms with E-state index in [2.05, 4.69) is 0 Å². The van der Waals surface area contributed by atoms with Crippen LogP contribution in [0.1, 0.15) is 0 Å². The van der Waals surface area contributed by atoms with Crippen molar-refractivity contribution < 1.29 is 31.8 Å². The van der Waals surface area contributed by atoms with E-state index in [-0.39, 0.29) is 12.3 Å². The Balaban J connectivity index is -0.000000320. The Morgan fingerprint density at radius 2 is 1.18 bits per heavy atom. The molecule has 0 bridgehead atoms. The van der Waals surface area contributed by atoms with Gasteiger partial charge in [0.2, 0.25) is 0 Å². The van der Waals surface area contributed by atoms with E-state index in [1.54, 1.807) is 0 Å². The van der Waals surface area contributed by atoms with Gasteiger partial charge in [-0.1, -0.05) is 0 Å². The summed E-state index contributed by atoms with van der Waals surface area (Å²) >= 11 is -5.82. The van der Waals surface area contributed by atoms with Gasteiger partial charge in [0.05, 0.1) is 0 Å². The van der Waals surface area contributed by atoms with Gasteiger partial charge < -0.3 is 12.3 Å². The number of hydrogen-bond acceptors (Lipinski definition) is 8. The van der Waals surface area contributed by atoms with Crippen molar-refractivity contribution in [3.8, 4) is 0 Å². The van der Waals surface area contributed by atoms with Gasteiger partial charge in [-0.2, -0.15) is 0 Å². The molecule has 0 atom stereocenters. The topological polar surface area (TPSA) is 197 Å². The zero-order valence-corrected chi connectivity index (χ0v) is 7.42. The molecular weight excluding hydrogens is 347 g/mol. The van der Waals surface area contributed by atoms with Gasteiger partial charge in [0.25, 0.3) is 0 Å². The Morgan fingerprint density at radius 3 is 1.18 bits per heavy atom. The van der Waals surface area contributed by atoms with E-state index in [1.807, 2.05) is 0 Å². The van der Waals surface area contributed by atoms with Crippen LogP contribution in [0.25, 0.3) is 0 Å². The number of nitrogens with zero attached hydrogens (tertiary/aromatic N) is 2. The Labute approximate surface area is 65.0 Å². The van der Waals surface area contributed by atoms with Crippen molar-refractivity contribution in [2.24, 2.45) is 0 Å². The molecule has 0 aromatic carbocycles. The van der Waals surface area contributed by atoms with E-state index in [1.165, 1.54) is 0 Å². The van der Waals surface area contributed by atoms with Crippen molar-refractivity contribution in [2.45, 2.75) is 0 Å². The molecule has 0 spiro atoms. The van der Waals surface area contributed by atoms with E-state index in [4.69, 9.17) is 7.52 Å². The average Bonchev–Trinajstić information content (AvgIpc) is 1.65. The summed E-state index contributed by atoms with van der Waals surface area (Å²) in [5.74, 6) is 0. The van der Waals surface area contributed by atoms with Crippen LogP contribution in [0, 0.1) is 20.2 Å². The second-order valence-corrected chi connectivity index (χ2v) is 5.15. The molecule has 0 radical (unpaired) electrons. The van der Waals surface area contributed by atoms with E-state index >= 15 is 0 Å². The maximum atomic E-state index is 9.41. The van der Waals surface area contributed by atoms with Crippen molar-refractivity contribution in [1.29, 1.82) is 0 Å². The minimum absolute atomic E-state index is 0. The molecule has 11 heteroatoms. The van der Waals surface area contributed by atoms with Crippen LogP contribution in [0.3, 0.4) is 0 Å². The molecule has 0 aliphatic heterocycles. The summed E-state index contributed by atoms with van der Waals surface area (Å²) in [5.41, 5.74) is 0. The fourth-order valence-corrected chi connectivity index (χ4v) is 0.345. The fraction of sp³-hybridized carbons (Fsp3) is 0.